The standard InChI is InChI=1S/C14H15N3O3S2/c1-3-20-11(18)8-21-14-15-12(19)13(22-14)17-16-10-6-4-9(2)5-7-10/h4-7,19H,3,8H2,1-2H3. The van der Waals surface area contributed by atoms with Crippen LogP contribution in [0.25, 0.3) is 0 Å². The highest BCUT2D eigenvalue weighted by atomic mass is 32.2. The molecule has 1 aromatic carbocycles. The van der Waals surface area contributed by atoms with E-state index in [2.05, 4.69) is 15.2 Å². The van der Waals surface area contributed by atoms with Gasteiger partial charge in [-0.05, 0) is 26.0 Å². The van der Waals surface area contributed by atoms with Crippen LogP contribution in [0.15, 0.2) is 38.8 Å². The number of hydrogen-bond donors (Lipinski definition) is 1. The fourth-order valence-electron chi connectivity index (χ4n) is 1.45. The largest absolute Gasteiger partial charge is 0.491 e. The summed E-state index contributed by atoms with van der Waals surface area (Å²) < 4.78 is 5.37. The number of rotatable bonds is 6. The Kier molecular flexibility index (Phi) is 5.91. The summed E-state index contributed by atoms with van der Waals surface area (Å²) in [6.45, 7) is 4.09. The first kappa shape index (κ1) is 16.4. The number of thiazole rings is 1. The Morgan fingerprint density at radius 3 is 2.77 bits per heavy atom. The summed E-state index contributed by atoms with van der Waals surface area (Å²) in [7, 11) is 0. The van der Waals surface area contributed by atoms with Gasteiger partial charge in [-0.25, -0.2) is 0 Å². The van der Waals surface area contributed by atoms with Crippen LogP contribution < -0.4 is 0 Å². The monoisotopic (exact) mass is 337 g/mol. The lowest BCUT2D eigenvalue weighted by atomic mass is 10.2. The van der Waals surface area contributed by atoms with Crippen LogP contribution in [0.2, 0.25) is 0 Å². The molecule has 0 amide bonds. The molecule has 1 N–H and O–H groups in total. The molecule has 0 aliphatic heterocycles. The lowest BCUT2D eigenvalue weighted by molar-refractivity contribution is -0.139. The highest BCUT2D eigenvalue weighted by Gasteiger charge is 2.12. The van der Waals surface area contributed by atoms with E-state index in [1.54, 1.807) is 6.92 Å². The van der Waals surface area contributed by atoms with Gasteiger partial charge < -0.3 is 9.84 Å². The van der Waals surface area contributed by atoms with Crippen molar-refractivity contribution in [1.29, 1.82) is 0 Å². The predicted octanol–water partition coefficient (Wildman–Crippen LogP) is 4.23. The van der Waals surface area contributed by atoms with E-state index in [0.29, 0.717) is 21.6 Å². The van der Waals surface area contributed by atoms with Crippen molar-refractivity contribution in [1.82, 2.24) is 4.98 Å². The van der Waals surface area contributed by atoms with Gasteiger partial charge in [0, 0.05) is 0 Å². The van der Waals surface area contributed by atoms with Gasteiger partial charge in [0.2, 0.25) is 5.00 Å². The topological polar surface area (TPSA) is 84.1 Å². The number of azo groups is 1. The van der Waals surface area contributed by atoms with Gasteiger partial charge in [0.25, 0.3) is 5.88 Å². The molecule has 0 unspecified atom stereocenters. The van der Waals surface area contributed by atoms with Crippen LogP contribution in [0, 0.1) is 6.92 Å². The maximum atomic E-state index is 11.3. The molecule has 0 bridgehead atoms. The molecule has 116 valence electrons. The number of benzene rings is 1. The molecule has 0 spiro atoms. The molecule has 0 fully saturated rings. The van der Waals surface area contributed by atoms with Crippen molar-refractivity contribution in [3.8, 4) is 5.88 Å². The first-order valence-electron chi connectivity index (χ1n) is 6.55. The molecule has 2 aromatic rings. The minimum absolute atomic E-state index is 0.148. The molecule has 1 aromatic heterocycles. The number of nitrogens with zero attached hydrogens (tertiary/aromatic N) is 3. The van der Waals surface area contributed by atoms with E-state index in [1.165, 1.54) is 23.1 Å². The van der Waals surface area contributed by atoms with Crippen molar-refractivity contribution in [3.05, 3.63) is 29.8 Å². The molecule has 1 heterocycles. The maximum absolute atomic E-state index is 11.3. The third-order valence-corrected chi connectivity index (χ3v) is 4.53. The van der Waals surface area contributed by atoms with Gasteiger partial charge in [-0.1, -0.05) is 40.8 Å². The molecule has 0 atom stereocenters. The van der Waals surface area contributed by atoms with Crippen LogP contribution >= 0.6 is 23.1 Å². The van der Waals surface area contributed by atoms with Crippen molar-refractivity contribution in [3.63, 3.8) is 0 Å². The number of ether oxygens (including phenoxy) is 1. The van der Waals surface area contributed by atoms with Crippen LogP contribution in [0.4, 0.5) is 10.7 Å². The molecule has 0 aliphatic carbocycles. The normalized spacial score (nSPS) is 11.0. The lowest BCUT2D eigenvalue weighted by Gasteiger charge is -1.98. The lowest BCUT2D eigenvalue weighted by Crippen LogP contribution is -2.06. The van der Waals surface area contributed by atoms with Crippen molar-refractivity contribution in [2.24, 2.45) is 10.2 Å². The Hall–Kier alpha value is -1.93. The van der Waals surface area contributed by atoms with E-state index in [-0.39, 0.29) is 17.6 Å². The molecular weight excluding hydrogens is 322 g/mol. The van der Waals surface area contributed by atoms with Gasteiger partial charge in [-0.2, -0.15) is 4.98 Å². The summed E-state index contributed by atoms with van der Waals surface area (Å²) in [5.74, 6) is -0.354. The van der Waals surface area contributed by atoms with Crippen LogP contribution in [0.1, 0.15) is 12.5 Å². The Morgan fingerprint density at radius 1 is 1.36 bits per heavy atom. The minimum atomic E-state index is -0.315. The predicted molar refractivity (Wildman–Crippen MR) is 86.5 cm³/mol. The van der Waals surface area contributed by atoms with Crippen LogP contribution in [0.3, 0.4) is 0 Å². The first-order chi connectivity index (χ1) is 10.6. The Morgan fingerprint density at radius 2 is 2.09 bits per heavy atom. The van der Waals surface area contributed by atoms with Crippen molar-refractivity contribution in [2.45, 2.75) is 18.2 Å². The van der Waals surface area contributed by atoms with E-state index in [9.17, 15) is 9.90 Å². The van der Waals surface area contributed by atoms with E-state index < -0.39 is 0 Å². The second-order valence-corrected chi connectivity index (χ2v) is 6.44. The molecule has 2 rings (SSSR count). The number of aryl methyl sites for hydroxylation is 1. The highest BCUT2D eigenvalue weighted by molar-refractivity contribution is 8.01. The molecule has 22 heavy (non-hydrogen) atoms. The van der Waals surface area contributed by atoms with Crippen molar-refractivity contribution >= 4 is 39.8 Å². The van der Waals surface area contributed by atoms with E-state index in [4.69, 9.17) is 4.74 Å². The minimum Gasteiger partial charge on any atom is -0.491 e. The highest BCUT2D eigenvalue weighted by Crippen LogP contribution is 2.38. The molecular formula is C14H15N3O3S2. The van der Waals surface area contributed by atoms with Crippen LogP contribution in [-0.4, -0.2) is 28.4 Å². The summed E-state index contributed by atoms with van der Waals surface area (Å²) in [6, 6.07) is 7.55. The Labute approximate surface area is 136 Å². The van der Waals surface area contributed by atoms with Gasteiger partial charge >= 0.3 is 5.97 Å². The zero-order valence-electron chi connectivity index (χ0n) is 12.1. The maximum Gasteiger partial charge on any atom is 0.316 e. The molecule has 0 saturated carbocycles. The fourth-order valence-corrected chi connectivity index (χ4v) is 3.09. The third-order valence-electron chi connectivity index (χ3n) is 2.48. The summed E-state index contributed by atoms with van der Waals surface area (Å²) in [4.78, 5) is 15.2. The van der Waals surface area contributed by atoms with Crippen molar-refractivity contribution < 1.29 is 14.6 Å². The van der Waals surface area contributed by atoms with E-state index in [0.717, 1.165) is 5.56 Å². The molecule has 6 nitrogen and oxygen atoms in total. The first-order valence-corrected chi connectivity index (χ1v) is 8.35. The number of esters is 1. The van der Waals surface area contributed by atoms with Crippen molar-refractivity contribution in [2.75, 3.05) is 12.4 Å². The summed E-state index contributed by atoms with van der Waals surface area (Å²) >= 11 is 2.37. The molecule has 8 heteroatoms. The number of hydrogen-bond acceptors (Lipinski definition) is 8. The van der Waals surface area contributed by atoms with Gasteiger partial charge in [0.05, 0.1) is 18.0 Å². The second-order valence-electron chi connectivity index (χ2n) is 4.24. The average Bonchev–Trinajstić information content (AvgIpc) is 2.85. The van der Waals surface area contributed by atoms with Crippen LogP contribution in [0.5, 0.6) is 5.88 Å². The summed E-state index contributed by atoms with van der Waals surface area (Å²) in [5.41, 5.74) is 1.83. The van der Waals surface area contributed by atoms with Gasteiger partial charge in [-0.3, -0.25) is 4.79 Å². The number of aromatic hydroxyl groups is 1. The summed E-state index contributed by atoms with van der Waals surface area (Å²) in [6.07, 6.45) is 0. The number of aromatic nitrogens is 1. The number of thioether (sulfide) groups is 1. The van der Waals surface area contributed by atoms with Gasteiger partial charge in [-0.15, -0.1) is 10.2 Å². The van der Waals surface area contributed by atoms with E-state index in [1.807, 2.05) is 31.2 Å². The molecule has 0 saturated heterocycles. The molecule has 0 radical (unpaired) electrons. The second kappa shape index (κ2) is 7.90. The van der Waals surface area contributed by atoms with Gasteiger partial charge in [0.15, 0.2) is 4.34 Å². The van der Waals surface area contributed by atoms with Crippen LogP contribution in [-0.2, 0) is 9.53 Å². The number of carbonyl (C=O) groups excluding carboxylic acids is 1. The fraction of sp³-hybridized carbons (Fsp3) is 0.286. The quantitative estimate of drug-likeness (QED) is 0.484. The molecule has 0 aliphatic rings. The number of carbonyl (C=O) groups is 1. The third kappa shape index (κ3) is 4.81. The zero-order chi connectivity index (χ0) is 15.9. The SMILES string of the molecule is CCOC(=O)CSc1nc(O)c(N=Nc2ccc(C)cc2)s1. The van der Waals surface area contributed by atoms with Gasteiger partial charge in [0.1, 0.15) is 0 Å². The Balaban J connectivity index is 2.00. The van der Waals surface area contributed by atoms with E-state index >= 15 is 0 Å². The smallest absolute Gasteiger partial charge is 0.316 e. The zero-order valence-corrected chi connectivity index (χ0v) is 13.8. The average molecular weight is 337 g/mol. The summed E-state index contributed by atoms with van der Waals surface area (Å²) in [5, 5.41) is 18.1. The Bertz CT molecular complexity index is 668.